The van der Waals surface area contributed by atoms with Gasteiger partial charge >= 0.3 is 12.0 Å². The van der Waals surface area contributed by atoms with E-state index in [1.807, 2.05) is 0 Å². The van der Waals surface area contributed by atoms with E-state index in [0.29, 0.717) is 12.8 Å². The molecule has 0 aliphatic heterocycles. The Bertz CT molecular complexity index is 461. The topological polar surface area (TPSA) is 78.4 Å². The molecule has 0 saturated heterocycles. The van der Waals surface area contributed by atoms with Crippen LogP contribution in [0.25, 0.3) is 0 Å². The van der Waals surface area contributed by atoms with E-state index >= 15 is 0 Å². The zero-order valence-corrected chi connectivity index (χ0v) is 13.1. The number of carboxylic acid groups (broad SMARTS) is 1. The molecular weight excluding hydrogens is 280 g/mol. The van der Waals surface area contributed by atoms with Crippen LogP contribution in [0, 0.1) is 17.8 Å². The lowest BCUT2D eigenvalue weighted by Gasteiger charge is -2.56. The highest BCUT2D eigenvalue weighted by molar-refractivity contribution is 5.86. The van der Waals surface area contributed by atoms with Crippen molar-refractivity contribution < 1.29 is 14.7 Å². The highest BCUT2D eigenvalue weighted by Crippen LogP contribution is 2.55. The van der Waals surface area contributed by atoms with Gasteiger partial charge in [-0.25, -0.2) is 9.59 Å². The number of urea groups is 1. The third-order valence-corrected chi connectivity index (χ3v) is 6.64. The minimum atomic E-state index is -1.04. The minimum Gasteiger partial charge on any atom is -0.480 e. The van der Waals surface area contributed by atoms with Crippen molar-refractivity contribution in [2.24, 2.45) is 17.8 Å². The van der Waals surface area contributed by atoms with E-state index < -0.39 is 11.5 Å². The Balaban J connectivity index is 1.45. The highest BCUT2D eigenvalue weighted by Gasteiger charge is 2.52. The van der Waals surface area contributed by atoms with Gasteiger partial charge in [0.1, 0.15) is 5.54 Å². The smallest absolute Gasteiger partial charge is 0.329 e. The van der Waals surface area contributed by atoms with Gasteiger partial charge in [-0.15, -0.1) is 0 Å². The summed E-state index contributed by atoms with van der Waals surface area (Å²) in [5, 5.41) is 15.5. The van der Waals surface area contributed by atoms with Crippen LogP contribution in [0.5, 0.6) is 0 Å². The normalized spacial score (nSPS) is 41.4. The van der Waals surface area contributed by atoms with E-state index in [-0.39, 0.29) is 11.6 Å². The largest absolute Gasteiger partial charge is 0.480 e. The van der Waals surface area contributed by atoms with Crippen LogP contribution in [-0.4, -0.2) is 28.2 Å². The lowest BCUT2D eigenvalue weighted by atomic mass is 9.53. The summed E-state index contributed by atoms with van der Waals surface area (Å²) in [5.41, 5.74) is -1.09. The second kappa shape index (κ2) is 4.87. The molecule has 5 aliphatic carbocycles. The summed E-state index contributed by atoms with van der Waals surface area (Å²) in [6.45, 7) is 0. The van der Waals surface area contributed by atoms with E-state index in [1.54, 1.807) is 0 Å². The van der Waals surface area contributed by atoms with Crippen LogP contribution < -0.4 is 10.6 Å². The van der Waals surface area contributed by atoms with Gasteiger partial charge in [-0.3, -0.25) is 0 Å². The quantitative estimate of drug-likeness (QED) is 0.750. The average Bonchev–Trinajstić information content (AvgIpc) is 2.85. The van der Waals surface area contributed by atoms with E-state index in [4.69, 9.17) is 0 Å². The van der Waals surface area contributed by atoms with Crippen LogP contribution in [-0.2, 0) is 4.79 Å². The van der Waals surface area contributed by atoms with Gasteiger partial charge in [0.05, 0.1) is 0 Å². The van der Waals surface area contributed by atoms with Gasteiger partial charge in [-0.05, 0) is 69.1 Å². The Morgan fingerprint density at radius 1 is 0.864 bits per heavy atom. The van der Waals surface area contributed by atoms with Crippen LogP contribution >= 0.6 is 0 Å². The van der Waals surface area contributed by atoms with E-state index in [9.17, 15) is 14.7 Å². The number of carboxylic acids is 1. The second-order valence-corrected chi connectivity index (χ2v) is 8.37. The first-order valence-corrected chi connectivity index (χ1v) is 8.82. The standard InChI is InChI=1S/C17H26N2O3/c20-14(21)17(3-1-2-4-17)19-15(22)18-16-8-11-5-12(9-16)7-13(6-11)10-16/h11-13H,1-10H2,(H,20,21)(H2,18,19,22). The van der Waals surface area contributed by atoms with Gasteiger partial charge in [-0.1, -0.05) is 12.8 Å². The van der Waals surface area contributed by atoms with Crippen molar-refractivity contribution in [1.82, 2.24) is 10.6 Å². The van der Waals surface area contributed by atoms with E-state index in [0.717, 1.165) is 49.9 Å². The Labute approximate surface area is 131 Å². The fraction of sp³-hybridized carbons (Fsp3) is 0.882. The predicted molar refractivity (Wildman–Crippen MR) is 81.4 cm³/mol. The Kier molecular flexibility index (Phi) is 3.17. The summed E-state index contributed by atoms with van der Waals surface area (Å²) in [7, 11) is 0. The molecule has 5 nitrogen and oxygen atoms in total. The molecule has 5 aliphatic rings. The van der Waals surface area contributed by atoms with Crippen LogP contribution in [0.1, 0.15) is 64.2 Å². The van der Waals surface area contributed by atoms with Gasteiger partial charge in [-0.2, -0.15) is 0 Å². The Morgan fingerprint density at radius 3 is 1.82 bits per heavy atom. The van der Waals surface area contributed by atoms with Crippen molar-refractivity contribution in [3.8, 4) is 0 Å². The molecule has 0 radical (unpaired) electrons. The molecule has 0 aromatic heterocycles. The van der Waals surface area contributed by atoms with Crippen LogP contribution in [0.4, 0.5) is 4.79 Å². The third-order valence-electron chi connectivity index (χ3n) is 6.64. The molecule has 5 fully saturated rings. The molecule has 22 heavy (non-hydrogen) atoms. The number of carbonyl (C=O) groups is 2. The first-order valence-electron chi connectivity index (χ1n) is 8.82. The summed E-state index contributed by atoms with van der Waals surface area (Å²) < 4.78 is 0. The SMILES string of the molecule is O=C(NC12CC3CC(CC(C3)C1)C2)NC1(C(=O)O)CCCC1. The molecule has 0 atom stereocenters. The number of rotatable bonds is 3. The molecule has 3 N–H and O–H groups in total. The Hall–Kier alpha value is -1.26. The first kappa shape index (κ1) is 14.3. The number of carbonyl (C=O) groups excluding carboxylic acids is 1. The molecule has 5 saturated carbocycles. The fourth-order valence-corrected chi connectivity index (χ4v) is 6.12. The number of hydrogen-bond donors (Lipinski definition) is 3. The van der Waals surface area contributed by atoms with Crippen LogP contribution in [0.15, 0.2) is 0 Å². The number of amides is 2. The van der Waals surface area contributed by atoms with Crippen LogP contribution in [0.3, 0.4) is 0 Å². The van der Waals surface area contributed by atoms with E-state index in [2.05, 4.69) is 10.6 Å². The van der Waals surface area contributed by atoms with Gasteiger partial charge in [0, 0.05) is 5.54 Å². The van der Waals surface area contributed by atoms with Gasteiger partial charge in [0.15, 0.2) is 0 Å². The zero-order chi connectivity index (χ0) is 15.4. The minimum absolute atomic E-state index is 0.0584. The monoisotopic (exact) mass is 306 g/mol. The van der Waals surface area contributed by atoms with Crippen molar-refractivity contribution in [1.29, 1.82) is 0 Å². The molecule has 0 aromatic carbocycles. The van der Waals surface area contributed by atoms with E-state index in [1.165, 1.54) is 19.3 Å². The molecule has 0 spiro atoms. The molecule has 0 heterocycles. The van der Waals surface area contributed by atoms with Gasteiger partial charge < -0.3 is 15.7 Å². The van der Waals surface area contributed by atoms with Gasteiger partial charge in [0.2, 0.25) is 0 Å². The molecular formula is C17H26N2O3. The maximum absolute atomic E-state index is 12.5. The zero-order valence-electron chi connectivity index (χ0n) is 13.1. The van der Waals surface area contributed by atoms with Gasteiger partial charge in [0.25, 0.3) is 0 Å². The summed E-state index contributed by atoms with van der Waals surface area (Å²) >= 11 is 0. The summed E-state index contributed by atoms with van der Waals surface area (Å²) in [4.78, 5) is 24.1. The summed E-state index contributed by atoms with van der Waals surface area (Å²) in [6.07, 6.45) is 10.1. The summed E-state index contributed by atoms with van der Waals surface area (Å²) in [6, 6.07) is -0.258. The van der Waals surface area contributed by atoms with Crippen molar-refractivity contribution in [2.45, 2.75) is 75.3 Å². The predicted octanol–water partition coefficient (Wildman–Crippen LogP) is 2.65. The molecule has 2 amide bonds. The number of nitrogens with one attached hydrogen (secondary N) is 2. The Morgan fingerprint density at radius 2 is 1.36 bits per heavy atom. The molecule has 0 unspecified atom stereocenters. The lowest BCUT2D eigenvalue weighted by molar-refractivity contribution is -0.144. The molecule has 0 aromatic rings. The molecule has 5 heteroatoms. The van der Waals surface area contributed by atoms with Crippen LogP contribution in [0.2, 0.25) is 0 Å². The highest BCUT2D eigenvalue weighted by atomic mass is 16.4. The average molecular weight is 306 g/mol. The maximum atomic E-state index is 12.5. The second-order valence-electron chi connectivity index (χ2n) is 8.37. The lowest BCUT2D eigenvalue weighted by Crippen LogP contribution is -2.64. The number of hydrogen-bond acceptors (Lipinski definition) is 2. The van der Waals surface area contributed by atoms with Crippen molar-refractivity contribution in [3.63, 3.8) is 0 Å². The molecule has 122 valence electrons. The number of aliphatic carboxylic acids is 1. The molecule has 5 rings (SSSR count). The molecule has 4 bridgehead atoms. The fourth-order valence-electron chi connectivity index (χ4n) is 6.12. The van der Waals surface area contributed by atoms with Crippen molar-refractivity contribution in [2.75, 3.05) is 0 Å². The van der Waals surface area contributed by atoms with Crippen molar-refractivity contribution in [3.05, 3.63) is 0 Å². The van der Waals surface area contributed by atoms with Crippen molar-refractivity contribution >= 4 is 12.0 Å². The maximum Gasteiger partial charge on any atom is 0.329 e. The summed E-state index contributed by atoms with van der Waals surface area (Å²) in [5.74, 6) is 1.43. The first-order chi connectivity index (χ1) is 10.5. The third kappa shape index (κ3) is 2.29.